The van der Waals surface area contributed by atoms with Crippen molar-refractivity contribution < 1.29 is 43.8 Å². The Kier molecular flexibility index (Phi) is 20.4. The predicted octanol–water partition coefficient (Wildman–Crippen LogP) is 14.5. The molecule has 13 heteroatoms. The number of rotatable bonds is 8. The Morgan fingerprint density at radius 2 is 1.02 bits per heavy atom. The van der Waals surface area contributed by atoms with Gasteiger partial charge in [0.25, 0.3) is 5.91 Å². The van der Waals surface area contributed by atoms with E-state index in [0.717, 1.165) is 96.3 Å². The molecule has 490 valence electrons. The number of primary amides is 1. The van der Waals surface area contributed by atoms with E-state index in [0.29, 0.717) is 68.1 Å². The first-order valence-corrected chi connectivity index (χ1v) is 33.9. The zero-order valence-electron chi connectivity index (χ0n) is 55.8. The van der Waals surface area contributed by atoms with Gasteiger partial charge < -0.3 is 15.9 Å². The lowest BCUT2D eigenvalue weighted by molar-refractivity contribution is -0.144. The van der Waals surface area contributed by atoms with Gasteiger partial charge in [-0.25, -0.2) is 5.43 Å². The number of nitrogens with one attached hydrogen (secondary N) is 1. The van der Waals surface area contributed by atoms with Crippen LogP contribution in [0.1, 0.15) is 216 Å². The molecular formula is C80H94ClN3O9. The van der Waals surface area contributed by atoms with Gasteiger partial charge in [0, 0.05) is 37.5 Å². The molecule has 3 fully saturated rings. The van der Waals surface area contributed by atoms with E-state index >= 15 is 0 Å². The molecule has 0 aromatic heterocycles. The molecule has 0 unspecified atom stereocenters. The van der Waals surface area contributed by atoms with E-state index in [-0.39, 0.29) is 40.6 Å². The van der Waals surface area contributed by atoms with Crippen molar-refractivity contribution in [2.45, 2.75) is 215 Å². The molecule has 4 aromatic carbocycles. The average molecular weight is 1280 g/mol. The number of halogens is 1. The van der Waals surface area contributed by atoms with Crippen molar-refractivity contribution in [3.8, 4) is 0 Å². The van der Waals surface area contributed by atoms with Crippen LogP contribution in [0.5, 0.6) is 0 Å². The van der Waals surface area contributed by atoms with Crippen LogP contribution >= 0.6 is 12.4 Å². The largest absolute Gasteiger partial charge is 0.380 e. The summed E-state index contributed by atoms with van der Waals surface area (Å²) < 4.78 is 0. The normalized spacial score (nSPS) is 26.4. The lowest BCUT2D eigenvalue weighted by Gasteiger charge is -2.40. The van der Waals surface area contributed by atoms with Crippen LogP contribution in [0.25, 0.3) is 22.3 Å². The van der Waals surface area contributed by atoms with Crippen molar-refractivity contribution in [2.75, 3.05) is 0 Å². The standard InChI is InChI=1S/C23H29N3O5.C19H22O2.C19H22O.C19H20O.ClH/c1-13-6-7-16-14(4-3-5-15(16)12-13)10-11-23(2)17(8-9-18(23)27)25-26-22(31)20(29)19(28)21(24)30;1-13-6-7-16-14(4-3-5-15(16)12-13)10-11-19(2)17(20)8-9-18(19)21;2*1-12-3-5-14-13(11-12)4-6-16-15(14)9-10-19(2)17(16)7-8-18(19)20;/h6-7,10,12,19-20,28-29H,3-5,8-9,11H2,1-2H3,(H2,24,30)(H,26,31);6-7,10,12H,3-5,8-9,11H2,1-2H3;3,5,11,17H,4,6-10H2,1-2H3;3,5,7,11H,4,6,8-10H2,1-2H3;1H/b14-10+,25-17+;14-10+;;;/t19-,20-,23+;;17-,19-;19-;/m1.00./s1. The summed E-state index contributed by atoms with van der Waals surface area (Å²) in [6.45, 7) is 16.5. The zero-order chi connectivity index (χ0) is 65.6. The van der Waals surface area contributed by atoms with Crippen LogP contribution in [0, 0.1) is 55.3 Å². The number of Topliss-reactive ketones (excluding diaryl/α,β-unsaturated/α-hetero) is 5. The fraction of sp³-hybridized carbons (Fsp3) is 0.475. The Morgan fingerprint density at radius 3 is 1.58 bits per heavy atom. The second kappa shape index (κ2) is 27.6. The van der Waals surface area contributed by atoms with E-state index in [9.17, 15) is 43.8 Å². The average Bonchev–Trinajstić information content (AvgIpc) is 1.70. The number of amides is 2. The maximum absolute atomic E-state index is 12.7. The number of carbonyl (C=O) groups is 7. The summed E-state index contributed by atoms with van der Waals surface area (Å²) in [7, 11) is 0. The van der Waals surface area contributed by atoms with Gasteiger partial charge in [0.05, 0.1) is 22.0 Å². The highest BCUT2D eigenvalue weighted by molar-refractivity contribution is 6.15. The first-order chi connectivity index (χ1) is 43.8. The minimum absolute atomic E-state index is 0. The molecule has 12 nitrogen and oxygen atoms in total. The van der Waals surface area contributed by atoms with Gasteiger partial charge in [0.1, 0.15) is 28.9 Å². The maximum atomic E-state index is 12.7. The minimum Gasteiger partial charge on any atom is -0.380 e. The highest BCUT2D eigenvalue weighted by atomic mass is 35.5. The number of hydrazone groups is 1. The molecule has 2 amide bonds. The summed E-state index contributed by atoms with van der Waals surface area (Å²) >= 11 is 0. The Balaban J connectivity index is 0.000000137. The van der Waals surface area contributed by atoms with Gasteiger partial charge in [0.15, 0.2) is 12.2 Å². The lowest BCUT2D eigenvalue weighted by atomic mass is 9.63. The molecule has 3 saturated carbocycles. The topological polar surface area (TPSA) is 210 Å². The molecule has 10 aliphatic carbocycles. The molecule has 0 spiro atoms. The smallest absolute Gasteiger partial charge is 0.272 e. The van der Waals surface area contributed by atoms with Crippen molar-refractivity contribution in [1.29, 1.82) is 0 Å². The van der Waals surface area contributed by atoms with Gasteiger partial charge in [-0.2, -0.15) is 5.10 Å². The number of allylic oxidation sites excluding steroid dienone is 10. The summed E-state index contributed by atoms with van der Waals surface area (Å²) in [5.41, 5.74) is 32.2. The van der Waals surface area contributed by atoms with Crippen LogP contribution in [0.2, 0.25) is 0 Å². The van der Waals surface area contributed by atoms with E-state index in [1.165, 1.54) is 101 Å². The number of benzene rings is 4. The molecule has 14 rings (SSSR count). The van der Waals surface area contributed by atoms with Gasteiger partial charge >= 0.3 is 0 Å². The first kappa shape index (κ1) is 68.6. The number of hydrogen-bond acceptors (Lipinski definition) is 10. The van der Waals surface area contributed by atoms with Crippen molar-refractivity contribution in [3.63, 3.8) is 0 Å². The van der Waals surface area contributed by atoms with Gasteiger partial charge in [-0.15, -0.1) is 12.4 Å². The van der Waals surface area contributed by atoms with E-state index in [1.54, 1.807) is 18.1 Å². The Morgan fingerprint density at radius 1 is 0.538 bits per heavy atom. The van der Waals surface area contributed by atoms with E-state index in [1.807, 2.05) is 6.92 Å². The number of carbonyl (C=O) groups excluding carboxylic acids is 7. The second-order valence-corrected chi connectivity index (χ2v) is 28.9. The molecule has 93 heavy (non-hydrogen) atoms. The monoisotopic (exact) mass is 1280 g/mol. The van der Waals surface area contributed by atoms with Crippen LogP contribution < -0.4 is 11.2 Å². The summed E-state index contributed by atoms with van der Waals surface area (Å²) in [4.78, 5) is 84.1. The van der Waals surface area contributed by atoms with E-state index in [2.05, 4.69) is 143 Å². The predicted molar refractivity (Wildman–Crippen MR) is 370 cm³/mol. The summed E-state index contributed by atoms with van der Waals surface area (Å²) in [6, 6.07) is 26.8. The van der Waals surface area contributed by atoms with Crippen molar-refractivity contribution >= 4 is 81.1 Å². The Hall–Kier alpha value is -7.25. The van der Waals surface area contributed by atoms with Crippen molar-refractivity contribution in [1.82, 2.24) is 5.43 Å². The third kappa shape index (κ3) is 13.4. The van der Waals surface area contributed by atoms with Crippen molar-refractivity contribution in [2.24, 2.45) is 38.4 Å². The number of aliphatic hydroxyl groups is 2. The van der Waals surface area contributed by atoms with Gasteiger partial charge in [0.2, 0.25) is 5.91 Å². The fourth-order valence-electron chi connectivity index (χ4n) is 16.9. The number of fused-ring (bicyclic) bond motifs is 10. The molecule has 0 heterocycles. The van der Waals surface area contributed by atoms with Crippen molar-refractivity contribution in [3.05, 3.63) is 175 Å². The highest BCUT2D eigenvalue weighted by Crippen LogP contribution is 2.57. The van der Waals surface area contributed by atoms with Crippen LogP contribution in [0.4, 0.5) is 0 Å². The van der Waals surface area contributed by atoms with Crippen LogP contribution in [0.3, 0.4) is 0 Å². The van der Waals surface area contributed by atoms with Gasteiger partial charge in [-0.05, 0) is 248 Å². The molecule has 6 atom stereocenters. The van der Waals surface area contributed by atoms with Crippen LogP contribution in [-0.4, -0.2) is 68.9 Å². The molecule has 0 saturated heterocycles. The number of aliphatic hydroxyl groups excluding tert-OH is 2. The Labute approximate surface area is 555 Å². The quantitative estimate of drug-likeness (QED) is 0.0975. The number of aryl methyl sites for hydroxylation is 8. The molecule has 5 N–H and O–H groups in total. The molecular weight excluding hydrogens is 1180 g/mol. The first-order valence-electron chi connectivity index (χ1n) is 33.9. The Bertz CT molecular complexity index is 3930. The third-order valence-electron chi connectivity index (χ3n) is 22.8. The summed E-state index contributed by atoms with van der Waals surface area (Å²) in [6.07, 6.45) is 22.7. The van der Waals surface area contributed by atoms with Crippen LogP contribution in [-0.2, 0) is 59.2 Å². The van der Waals surface area contributed by atoms with E-state index in [4.69, 9.17) is 5.73 Å². The minimum atomic E-state index is -2.03. The summed E-state index contributed by atoms with van der Waals surface area (Å²) in [5, 5.41) is 23.2. The third-order valence-corrected chi connectivity index (χ3v) is 22.8. The van der Waals surface area contributed by atoms with Gasteiger partial charge in [-0.3, -0.25) is 33.6 Å². The lowest BCUT2D eigenvalue weighted by Crippen LogP contribution is -2.47. The molecule has 0 radical (unpaired) electrons. The maximum Gasteiger partial charge on any atom is 0.272 e. The highest BCUT2D eigenvalue weighted by Gasteiger charge is 2.51. The molecule has 10 aliphatic rings. The number of ketones is 5. The molecule has 0 aliphatic heterocycles. The van der Waals surface area contributed by atoms with E-state index < -0.39 is 34.9 Å². The molecule has 0 bridgehead atoms. The fourth-order valence-corrected chi connectivity index (χ4v) is 16.9. The second-order valence-electron chi connectivity index (χ2n) is 28.9. The van der Waals surface area contributed by atoms with Crippen LogP contribution in [0.15, 0.2) is 113 Å². The number of nitrogens with two attached hydrogens (primary N) is 1. The molecule has 4 aromatic rings. The SMILES string of the molecule is Cc1ccc2c(c1)CCC/C2=C\CC1(C)C(=O)CCC1=O.Cc1ccc2c(c1)CCC/C2=C\C[C@]1(C)C(=O)CC/C1=N\NC(=O)[C@H](O)[C@@H](O)C(N)=O.Cc1ccc2c(c1)CCC1=C2CC[C@]2(C)C(=O)CC=C12.Cc1ccc2c(c1)CCC1=C2CC[C@]2(C)C(=O)CC[C@@H]12.Cl. The summed E-state index contributed by atoms with van der Waals surface area (Å²) in [5.74, 6) is -0.532. The zero-order valence-corrected chi connectivity index (χ0v) is 56.7. The van der Waals surface area contributed by atoms with Gasteiger partial charge in [-0.1, -0.05) is 126 Å². The number of nitrogens with zero attached hydrogens (tertiary/aromatic N) is 1. The number of hydrogen-bond donors (Lipinski definition) is 4.